The topological polar surface area (TPSA) is 100 Å². The van der Waals surface area contributed by atoms with Crippen molar-refractivity contribution in [2.24, 2.45) is 0 Å². The fraction of sp³-hybridized carbons (Fsp3) is 0.200. The van der Waals surface area contributed by atoms with E-state index in [1.54, 1.807) is 18.3 Å². The number of pyridine rings is 1. The van der Waals surface area contributed by atoms with Gasteiger partial charge in [-0.15, -0.1) is 0 Å². The molecule has 1 fully saturated rings. The molecule has 8 nitrogen and oxygen atoms in total. The van der Waals surface area contributed by atoms with Crippen LogP contribution in [-0.4, -0.2) is 35.4 Å². The molecule has 2 heterocycles. The molecule has 1 aromatic heterocycles. The second-order valence-electron chi connectivity index (χ2n) is 5.34. The summed E-state index contributed by atoms with van der Waals surface area (Å²) in [6.45, 7) is 1.53. The molecule has 1 amide bonds. The standard InChI is InChI=1S/C15H13Cl2N5O3/c16-11-5-10(22(24)25)6-12(17)15(11)20-9-1-2-13(19-7-9)21-4-3-18-14(23)8-21/h1-2,5-7,20H,3-4,8H2,(H,18,23). The molecule has 0 saturated carbocycles. The third kappa shape index (κ3) is 3.92. The number of aromatic nitrogens is 1. The lowest BCUT2D eigenvalue weighted by atomic mass is 10.2. The van der Waals surface area contributed by atoms with Crippen LogP contribution in [0.1, 0.15) is 0 Å². The van der Waals surface area contributed by atoms with Gasteiger partial charge < -0.3 is 15.5 Å². The second-order valence-corrected chi connectivity index (χ2v) is 6.16. The van der Waals surface area contributed by atoms with Crippen LogP contribution in [0.25, 0.3) is 0 Å². The van der Waals surface area contributed by atoms with E-state index in [4.69, 9.17) is 23.2 Å². The molecule has 0 radical (unpaired) electrons. The van der Waals surface area contributed by atoms with Crippen LogP contribution in [0.3, 0.4) is 0 Å². The highest BCUT2D eigenvalue weighted by molar-refractivity contribution is 6.39. The van der Waals surface area contributed by atoms with Gasteiger partial charge in [0, 0.05) is 25.2 Å². The van der Waals surface area contributed by atoms with Gasteiger partial charge in [-0.1, -0.05) is 23.2 Å². The van der Waals surface area contributed by atoms with Crippen LogP contribution in [0.4, 0.5) is 22.9 Å². The van der Waals surface area contributed by atoms with Gasteiger partial charge in [-0.25, -0.2) is 4.98 Å². The van der Waals surface area contributed by atoms with E-state index in [-0.39, 0.29) is 28.2 Å². The molecule has 1 aliphatic heterocycles. The summed E-state index contributed by atoms with van der Waals surface area (Å²) in [5, 5.41) is 16.8. The van der Waals surface area contributed by atoms with Gasteiger partial charge in [0.1, 0.15) is 5.82 Å². The molecule has 3 rings (SSSR count). The molecule has 0 spiro atoms. The monoisotopic (exact) mass is 381 g/mol. The predicted molar refractivity (Wildman–Crippen MR) is 95.9 cm³/mol. The summed E-state index contributed by atoms with van der Waals surface area (Å²) in [4.78, 5) is 27.9. The Bertz CT molecular complexity index is 805. The lowest BCUT2D eigenvalue weighted by molar-refractivity contribution is -0.384. The zero-order valence-corrected chi connectivity index (χ0v) is 14.3. The number of amides is 1. The highest BCUT2D eigenvalue weighted by Crippen LogP contribution is 2.36. The number of nitrogens with zero attached hydrogens (tertiary/aromatic N) is 3. The third-order valence-electron chi connectivity index (χ3n) is 3.62. The van der Waals surface area contributed by atoms with Gasteiger partial charge in [0.15, 0.2) is 0 Å². The summed E-state index contributed by atoms with van der Waals surface area (Å²) >= 11 is 12.1. The number of halogens is 2. The highest BCUT2D eigenvalue weighted by atomic mass is 35.5. The molecule has 1 aromatic carbocycles. The number of nitro benzene ring substituents is 1. The molecule has 0 bridgehead atoms. The van der Waals surface area contributed by atoms with Crippen LogP contribution in [0.2, 0.25) is 10.0 Å². The zero-order chi connectivity index (χ0) is 18.0. The van der Waals surface area contributed by atoms with Gasteiger partial charge in [-0.2, -0.15) is 0 Å². The number of hydrogen-bond acceptors (Lipinski definition) is 6. The first-order valence-electron chi connectivity index (χ1n) is 7.32. The predicted octanol–water partition coefficient (Wildman–Crippen LogP) is 2.98. The Balaban J connectivity index is 1.78. The van der Waals surface area contributed by atoms with E-state index in [0.29, 0.717) is 30.3 Å². The van der Waals surface area contributed by atoms with Crippen LogP contribution >= 0.6 is 23.2 Å². The maximum Gasteiger partial charge on any atom is 0.272 e. The lowest BCUT2D eigenvalue weighted by Gasteiger charge is -2.27. The van der Waals surface area contributed by atoms with E-state index in [1.165, 1.54) is 12.1 Å². The van der Waals surface area contributed by atoms with Gasteiger partial charge in [0.25, 0.3) is 5.69 Å². The average Bonchev–Trinajstić information content (AvgIpc) is 2.58. The first kappa shape index (κ1) is 17.2. The minimum Gasteiger partial charge on any atom is -0.353 e. The highest BCUT2D eigenvalue weighted by Gasteiger charge is 2.18. The number of non-ortho nitro benzene ring substituents is 1. The summed E-state index contributed by atoms with van der Waals surface area (Å²) < 4.78 is 0. The van der Waals surface area contributed by atoms with E-state index >= 15 is 0 Å². The van der Waals surface area contributed by atoms with Gasteiger partial charge in [0.05, 0.1) is 39.1 Å². The van der Waals surface area contributed by atoms with Gasteiger partial charge >= 0.3 is 0 Å². The third-order valence-corrected chi connectivity index (χ3v) is 4.21. The zero-order valence-electron chi connectivity index (χ0n) is 12.8. The summed E-state index contributed by atoms with van der Waals surface area (Å²) in [6, 6.07) is 5.99. The maximum atomic E-state index is 11.4. The Morgan fingerprint density at radius 1 is 1.28 bits per heavy atom. The first-order chi connectivity index (χ1) is 11.9. The Morgan fingerprint density at radius 3 is 2.56 bits per heavy atom. The minimum absolute atomic E-state index is 0.0419. The molecular formula is C15H13Cl2N5O3. The first-order valence-corrected chi connectivity index (χ1v) is 8.08. The number of rotatable bonds is 4. The van der Waals surface area contributed by atoms with Crippen molar-refractivity contribution >= 4 is 52.0 Å². The van der Waals surface area contributed by atoms with Crippen molar-refractivity contribution in [2.75, 3.05) is 29.9 Å². The van der Waals surface area contributed by atoms with Gasteiger partial charge in [-0.05, 0) is 12.1 Å². The number of nitrogens with one attached hydrogen (secondary N) is 2. The van der Waals surface area contributed by atoms with Crippen LogP contribution in [0, 0.1) is 10.1 Å². The van der Waals surface area contributed by atoms with Crippen molar-refractivity contribution in [3.05, 3.63) is 50.6 Å². The van der Waals surface area contributed by atoms with Crippen molar-refractivity contribution in [1.82, 2.24) is 10.3 Å². The normalized spacial score (nSPS) is 14.2. The van der Waals surface area contributed by atoms with E-state index in [2.05, 4.69) is 15.6 Å². The second kappa shape index (κ2) is 7.12. The van der Waals surface area contributed by atoms with Crippen LogP contribution in [0.5, 0.6) is 0 Å². The van der Waals surface area contributed by atoms with Crippen molar-refractivity contribution in [3.63, 3.8) is 0 Å². The van der Waals surface area contributed by atoms with Crippen LogP contribution in [-0.2, 0) is 4.79 Å². The summed E-state index contributed by atoms with van der Waals surface area (Å²) in [5.41, 5.74) is 0.793. The Labute approximate surface area is 152 Å². The average molecular weight is 382 g/mol. The molecule has 10 heteroatoms. The van der Waals surface area contributed by atoms with Crippen LogP contribution < -0.4 is 15.5 Å². The lowest BCUT2D eigenvalue weighted by Crippen LogP contribution is -2.48. The smallest absolute Gasteiger partial charge is 0.272 e. The summed E-state index contributed by atoms with van der Waals surface area (Å²) in [6.07, 6.45) is 1.58. The molecule has 0 aliphatic carbocycles. The molecule has 1 saturated heterocycles. The SMILES string of the molecule is O=C1CN(c2ccc(Nc3c(Cl)cc([N+](=O)[O-])cc3Cl)cn2)CCN1. The molecule has 2 N–H and O–H groups in total. The molecular weight excluding hydrogens is 369 g/mol. The van der Waals surface area contributed by atoms with Crippen LogP contribution in [0.15, 0.2) is 30.5 Å². The van der Waals surface area contributed by atoms with Crippen molar-refractivity contribution < 1.29 is 9.72 Å². The summed E-state index contributed by atoms with van der Waals surface area (Å²) in [7, 11) is 0. The van der Waals surface area contributed by atoms with E-state index < -0.39 is 4.92 Å². The minimum atomic E-state index is -0.563. The number of piperazine rings is 1. The molecule has 0 atom stereocenters. The largest absolute Gasteiger partial charge is 0.353 e. The fourth-order valence-corrected chi connectivity index (χ4v) is 2.98. The maximum absolute atomic E-state index is 11.4. The van der Waals surface area contributed by atoms with Crippen molar-refractivity contribution in [2.45, 2.75) is 0 Å². The van der Waals surface area contributed by atoms with Crippen molar-refractivity contribution in [1.29, 1.82) is 0 Å². The molecule has 1 aliphatic rings. The Hall–Kier alpha value is -2.58. The number of nitro groups is 1. The number of anilines is 3. The van der Waals surface area contributed by atoms with E-state index in [9.17, 15) is 14.9 Å². The van der Waals surface area contributed by atoms with Gasteiger partial charge in [0.2, 0.25) is 5.91 Å². The molecule has 25 heavy (non-hydrogen) atoms. The van der Waals surface area contributed by atoms with E-state index in [1.807, 2.05) is 4.90 Å². The Kier molecular flexibility index (Phi) is 4.91. The molecule has 0 unspecified atom stereocenters. The van der Waals surface area contributed by atoms with Crippen molar-refractivity contribution in [3.8, 4) is 0 Å². The van der Waals surface area contributed by atoms with E-state index in [0.717, 1.165) is 0 Å². The number of carbonyl (C=O) groups excluding carboxylic acids is 1. The fourth-order valence-electron chi connectivity index (χ4n) is 2.41. The van der Waals surface area contributed by atoms with Gasteiger partial charge in [-0.3, -0.25) is 14.9 Å². The summed E-state index contributed by atoms with van der Waals surface area (Å²) in [5.74, 6) is 0.640. The number of carbonyl (C=O) groups is 1. The Morgan fingerprint density at radius 2 is 2.00 bits per heavy atom. The quantitative estimate of drug-likeness (QED) is 0.623. The number of hydrogen-bond donors (Lipinski definition) is 2. The molecule has 2 aromatic rings. The molecule has 130 valence electrons. The number of benzene rings is 1.